The first kappa shape index (κ1) is 29.3. The molecule has 0 aromatic heterocycles. The van der Waals surface area contributed by atoms with Crippen LogP contribution >= 0.6 is 0 Å². The Morgan fingerprint density at radius 1 is 1.06 bits per heavy atom. The SMILES string of the molecule is C=CCNC(=O)C(=O)C(CCC)NC(=O)C[C@H]1C[C@H]1CN(C)C(=O)C(NC(=O)NC)C1CCCCC1. The zero-order valence-electron chi connectivity index (χ0n) is 21.9. The smallest absolute Gasteiger partial charge is 0.315 e. The maximum atomic E-state index is 13.2. The zero-order chi connectivity index (χ0) is 26.7. The number of rotatable bonds is 14. The average molecular weight is 506 g/mol. The second-order valence-corrected chi connectivity index (χ2v) is 10.0. The molecule has 0 bridgehead atoms. The summed E-state index contributed by atoms with van der Waals surface area (Å²) < 4.78 is 0. The Hall–Kier alpha value is -2.91. The predicted octanol–water partition coefficient (Wildman–Crippen LogP) is 1.51. The molecule has 2 fully saturated rings. The molecule has 0 aromatic carbocycles. The molecule has 0 heterocycles. The van der Waals surface area contributed by atoms with Crippen LogP contribution in [0.25, 0.3) is 0 Å². The molecule has 10 nitrogen and oxygen atoms in total. The van der Waals surface area contributed by atoms with Crippen molar-refractivity contribution in [2.75, 3.05) is 27.2 Å². The number of nitrogens with zero attached hydrogens (tertiary/aromatic N) is 1. The van der Waals surface area contributed by atoms with Crippen LogP contribution < -0.4 is 21.3 Å². The van der Waals surface area contributed by atoms with E-state index in [0.29, 0.717) is 19.4 Å². The van der Waals surface area contributed by atoms with Crippen molar-refractivity contribution in [1.82, 2.24) is 26.2 Å². The van der Waals surface area contributed by atoms with Crippen LogP contribution in [-0.4, -0.2) is 73.7 Å². The van der Waals surface area contributed by atoms with Gasteiger partial charge in [0.05, 0.1) is 6.04 Å². The molecule has 4 N–H and O–H groups in total. The van der Waals surface area contributed by atoms with E-state index in [9.17, 15) is 24.0 Å². The van der Waals surface area contributed by atoms with Crippen LogP contribution in [0.15, 0.2) is 12.7 Å². The summed E-state index contributed by atoms with van der Waals surface area (Å²) in [4.78, 5) is 63.9. The van der Waals surface area contributed by atoms with Gasteiger partial charge in [0.15, 0.2) is 0 Å². The molecule has 36 heavy (non-hydrogen) atoms. The van der Waals surface area contributed by atoms with Gasteiger partial charge in [-0.2, -0.15) is 0 Å². The lowest BCUT2D eigenvalue weighted by atomic mass is 9.83. The average Bonchev–Trinajstić information content (AvgIpc) is 3.61. The lowest BCUT2D eigenvalue weighted by molar-refractivity contribution is -0.140. The van der Waals surface area contributed by atoms with Gasteiger partial charge in [-0.25, -0.2) is 4.79 Å². The highest BCUT2D eigenvalue weighted by atomic mass is 16.2. The first-order valence-electron chi connectivity index (χ1n) is 13.2. The van der Waals surface area contributed by atoms with Crippen LogP contribution in [0.3, 0.4) is 0 Å². The molecule has 2 saturated carbocycles. The van der Waals surface area contributed by atoms with Crippen molar-refractivity contribution in [3.63, 3.8) is 0 Å². The van der Waals surface area contributed by atoms with Crippen molar-refractivity contribution in [2.45, 2.75) is 76.8 Å². The summed E-state index contributed by atoms with van der Waals surface area (Å²) in [5.74, 6) is -1.30. The summed E-state index contributed by atoms with van der Waals surface area (Å²) in [6, 6.07) is -1.76. The highest BCUT2D eigenvalue weighted by Crippen LogP contribution is 2.41. The number of nitrogens with one attached hydrogen (secondary N) is 4. The monoisotopic (exact) mass is 505 g/mol. The topological polar surface area (TPSA) is 137 Å². The second-order valence-electron chi connectivity index (χ2n) is 10.0. The number of hydrogen-bond donors (Lipinski definition) is 4. The molecule has 2 unspecified atom stereocenters. The number of Topliss-reactive ketones (excluding diaryl/α,β-unsaturated/α-hetero) is 1. The van der Waals surface area contributed by atoms with Crippen LogP contribution in [0.2, 0.25) is 0 Å². The number of hydrogen-bond acceptors (Lipinski definition) is 5. The number of likely N-dealkylation sites (N-methyl/N-ethyl adjacent to an activating group) is 1. The van der Waals surface area contributed by atoms with Crippen molar-refractivity contribution < 1.29 is 24.0 Å². The molecule has 2 rings (SSSR count). The van der Waals surface area contributed by atoms with Crippen molar-refractivity contribution in [2.24, 2.45) is 17.8 Å². The Labute approximate surface area is 214 Å². The van der Waals surface area contributed by atoms with E-state index in [4.69, 9.17) is 0 Å². The van der Waals surface area contributed by atoms with Crippen molar-refractivity contribution in [3.05, 3.63) is 12.7 Å². The van der Waals surface area contributed by atoms with E-state index in [1.165, 1.54) is 13.1 Å². The highest BCUT2D eigenvalue weighted by molar-refractivity contribution is 6.38. The Morgan fingerprint density at radius 2 is 1.75 bits per heavy atom. The van der Waals surface area contributed by atoms with Gasteiger partial charge in [0, 0.05) is 33.6 Å². The van der Waals surface area contributed by atoms with Crippen molar-refractivity contribution >= 4 is 29.5 Å². The molecule has 2 aliphatic carbocycles. The molecule has 5 amide bonds. The number of urea groups is 1. The van der Waals surface area contributed by atoms with E-state index >= 15 is 0 Å². The summed E-state index contributed by atoms with van der Waals surface area (Å²) >= 11 is 0. The third-order valence-electron chi connectivity index (χ3n) is 7.16. The first-order valence-corrected chi connectivity index (χ1v) is 13.2. The summed E-state index contributed by atoms with van der Waals surface area (Å²) in [7, 11) is 3.28. The normalized spacial score (nSPS) is 20.9. The Morgan fingerprint density at radius 3 is 2.36 bits per heavy atom. The van der Waals surface area contributed by atoms with Gasteiger partial charge in [-0.3, -0.25) is 19.2 Å². The molecule has 0 aromatic rings. The van der Waals surface area contributed by atoms with E-state index in [1.807, 2.05) is 6.92 Å². The fourth-order valence-electron chi connectivity index (χ4n) is 4.98. The van der Waals surface area contributed by atoms with Gasteiger partial charge in [0.1, 0.15) is 6.04 Å². The third-order valence-corrected chi connectivity index (χ3v) is 7.16. The largest absolute Gasteiger partial charge is 0.346 e. The second kappa shape index (κ2) is 14.6. The van der Waals surface area contributed by atoms with E-state index in [2.05, 4.69) is 27.8 Å². The van der Waals surface area contributed by atoms with Gasteiger partial charge in [0.2, 0.25) is 17.6 Å². The van der Waals surface area contributed by atoms with Gasteiger partial charge in [-0.1, -0.05) is 38.7 Å². The summed E-state index contributed by atoms with van der Waals surface area (Å²) in [6.45, 7) is 6.09. The minimum atomic E-state index is -0.846. The van der Waals surface area contributed by atoms with Crippen molar-refractivity contribution in [3.8, 4) is 0 Å². The van der Waals surface area contributed by atoms with E-state index in [0.717, 1.165) is 38.5 Å². The maximum Gasteiger partial charge on any atom is 0.315 e. The molecule has 2 aliphatic rings. The van der Waals surface area contributed by atoms with Crippen LogP contribution in [-0.2, 0) is 19.2 Å². The zero-order valence-corrected chi connectivity index (χ0v) is 21.9. The number of carbonyl (C=O) groups excluding carboxylic acids is 5. The van der Waals surface area contributed by atoms with Gasteiger partial charge in [-0.05, 0) is 43.4 Å². The minimum Gasteiger partial charge on any atom is -0.346 e. The highest BCUT2D eigenvalue weighted by Gasteiger charge is 2.41. The first-order chi connectivity index (χ1) is 17.2. The fraction of sp³-hybridized carbons (Fsp3) is 0.731. The quantitative estimate of drug-likeness (QED) is 0.210. The van der Waals surface area contributed by atoms with Crippen LogP contribution in [0, 0.1) is 17.8 Å². The molecule has 202 valence electrons. The van der Waals surface area contributed by atoms with Crippen molar-refractivity contribution in [1.29, 1.82) is 0 Å². The molecule has 0 radical (unpaired) electrons. The molecule has 4 atom stereocenters. The molecule has 10 heteroatoms. The van der Waals surface area contributed by atoms with Crippen LogP contribution in [0.5, 0.6) is 0 Å². The van der Waals surface area contributed by atoms with Gasteiger partial charge in [0.25, 0.3) is 5.91 Å². The standard InChI is InChI=1S/C26H43N5O5/c1-5-10-20(23(33)24(34)28-13-6-2)29-21(32)15-18-14-19(18)16-31(4)25(35)22(30-26(36)27-3)17-11-8-7-9-12-17/h6,17-20,22H,2,5,7-16H2,1,3-4H3,(H,28,34)(H,29,32)(H2,27,30,36)/t18-,19+,20?,22?/m1/s1. The molecular weight excluding hydrogens is 462 g/mol. The van der Waals surface area contributed by atoms with Gasteiger partial charge >= 0.3 is 6.03 Å². The lowest BCUT2D eigenvalue weighted by Gasteiger charge is -2.32. The Bertz CT molecular complexity index is 811. The maximum absolute atomic E-state index is 13.2. The number of amides is 5. The van der Waals surface area contributed by atoms with E-state index in [1.54, 1.807) is 11.9 Å². The van der Waals surface area contributed by atoms with Gasteiger partial charge in [-0.15, -0.1) is 6.58 Å². The van der Waals surface area contributed by atoms with Crippen LogP contribution in [0.4, 0.5) is 4.79 Å². The molecule has 0 aliphatic heterocycles. The predicted molar refractivity (Wildman–Crippen MR) is 137 cm³/mol. The van der Waals surface area contributed by atoms with E-state index < -0.39 is 23.8 Å². The minimum absolute atomic E-state index is 0.0975. The summed E-state index contributed by atoms with van der Waals surface area (Å²) in [5.41, 5.74) is 0. The Balaban J connectivity index is 1.86. The molecule has 0 spiro atoms. The Kier molecular flexibility index (Phi) is 11.9. The van der Waals surface area contributed by atoms with E-state index in [-0.39, 0.29) is 48.6 Å². The summed E-state index contributed by atoms with van der Waals surface area (Å²) in [5, 5.41) is 10.6. The summed E-state index contributed by atoms with van der Waals surface area (Å²) in [6.07, 6.45) is 8.70. The number of carbonyl (C=O) groups is 5. The third kappa shape index (κ3) is 8.95. The lowest BCUT2D eigenvalue weighted by Crippen LogP contribution is -2.54. The molecular formula is C26H43N5O5. The van der Waals surface area contributed by atoms with Crippen LogP contribution in [0.1, 0.15) is 64.7 Å². The fourth-order valence-corrected chi connectivity index (χ4v) is 4.98. The number of ketones is 1. The van der Waals surface area contributed by atoms with Gasteiger partial charge < -0.3 is 26.2 Å². The molecule has 0 saturated heterocycles.